The van der Waals surface area contributed by atoms with Gasteiger partial charge in [-0.25, -0.2) is 9.78 Å². The molecule has 5 rings (SSSR count). The van der Waals surface area contributed by atoms with Gasteiger partial charge in [-0.2, -0.15) is 8.42 Å². The van der Waals surface area contributed by atoms with Gasteiger partial charge in [0, 0.05) is 35.3 Å². The number of rotatable bonds is 8. The molecule has 2 N–H and O–H groups in total. The third-order valence-corrected chi connectivity index (χ3v) is 7.64. The summed E-state index contributed by atoms with van der Waals surface area (Å²) in [6.07, 6.45) is 1.81. The Bertz CT molecular complexity index is 1580. The predicted molar refractivity (Wildman–Crippen MR) is 145 cm³/mol. The highest BCUT2D eigenvalue weighted by Gasteiger charge is 2.25. The number of carbonyl (C=O) groups excluding carboxylic acids is 1. The third kappa shape index (κ3) is 5.55. The van der Waals surface area contributed by atoms with E-state index in [4.69, 9.17) is 14.5 Å². The van der Waals surface area contributed by atoms with Crippen molar-refractivity contribution in [1.29, 1.82) is 0 Å². The molecule has 202 valence electrons. The van der Waals surface area contributed by atoms with E-state index in [1.807, 2.05) is 45.0 Å². The van der Waals surface area contributed by atoms with Gasteiger partial charge in [-0.1, -0.05) is 30.3 Å². The second-order valence-corrected chi connectivity index (χ2v) is 12.0. The van der Waals surface area contributed by atoms with E-state index < -0.39 is 15.7 Å². The smallest absolute Gasteiger partial charge is 0.295 e. The topological polar surface area (TPSA) is 114 Å². The molecule has 1 unspecified atom stereocenters. The molecule has 0 radical (unpaired) electrons. The van der Waals surface area contributed by atoms with Gasteiger partial charge >= 0.3 is 0 Å². The van der Waals surface area contributed by atoms with Crippen molar-refractivity contribution >= 4 is 48.3 Å². The van der Waals surface area contributed by atoms with Crippen molar-refractivity contribution in [3.05, 3.63) is 48.5 Å². The predicted octanol–water partition coefficient (Wildman–Crippen LogP) is 4.49. The molecule has 1 heterocycles. The first-order chi connectivity index (χ1) is 18.0. The summed E-state index contributed by atoms with van der Waals surface area (Å²) in [7, 11) is -4.39. The summed E-state index contributed by atoms with van der Waals surface area (Å²) < 4.78 is 39.7. The van der Waals surface area contributed by atoms with E-state index in [9.17, 15) is 17.8 Å². The molecule has 1 fully saturated rings. The highest BCUT2D eigenvalue weighted by Crippen LogP contribution is 2.40. The maximum Gasteiger partial charge on any atom is 0.295 e. The summed E-state index contributed by atoms with van der Waals surface area (Å²) in [4.78, 5) is 25.2. The van der Waals surface area contributed by atoms with Crippen molar-refractivity contribution in [2.45, 2.75) is 50.2 Å². The van der Waals surface area contributed by atoms with Crippen molar-refractivity contribution < 1.29 is 32.3 Å². The van der Waals surface area contributed by atoms with Crippen molar-refractivity contribution in [3.63, 3.8) is 0 Å². The number of likely N-dealkylation sites (tertiary alicyclic amines) is 1. The van der Waals surface area contributed by atoms with Crippen molar-refractivity contribution in [3.8, 4) is 5.75 Å². The van der Waals surface area contributed by atoms with Gasteiger partial charge in [0.15, 0.2) is 6.61 Å². The van der Waals surface area contributed by atoms with Crippen LogP contribution in [0.3, 0.4) is 0 Å². The van der Waals surface area contributed by atoms with Crippen LogP contribution in [0.5, 0.6) is 5.75 Å². The van der Waals surface area contributed by atoms with Crippen LogP contribution >= 0.6 is 0 Å². The second-order valence-electron chi connectivity index (χ2n) is 10.7. The van der Waals surface area contributed by atoms with Crippen LogP contribution in [0.25, 0.3) is 32.3 Å². The van der Waals surface area contributed by atoms with Gasteiger partial charge < -0.3 is 9.64 Å². The molecule has 1 amide bonds. The van der Waals surface area contributed by atoms with E-state index in [1.54, 1.807) is 23.1 Å². The molecule has 0 aliphatic carbocycles. The lowest BCUT2D eigenvalue weighted by Gasteiger charge is -2.33. The Morgan fingerprint density at radius 2 is 1.68 bits per heavy atom. The zero-order valence-electron chi connectivity index (χ0n) is 21.7. The first-order valence-corrected chi connectivity index (χ1v) is 14.1. The van der Waals surface area contributed by atoms with Gasteiger partial charge in [-0.15, -0.1) is 0 Å². The molecule has 4 aromatic rings. The summed E-state index contributed by atoms with van der Waals surface area (Å²) >= 11 is 0. The molecule has 1 atom stereocenters. The first-order valence-electron chi connectivity index (χ1n) is 12.6. The Labute approximate surface area is 221 Å². The monoisotopic (exact) mass is 540 g/mol. The quantitative estimate of drug-likeness (QED) is 0.0839. The number of piperidine rings is 1. The first kappa shape index (κ1) is 26.6. The van der Waals surface area contributed by atoms with Crippen LogP contribution in [0, 0.1) is 0 Å². The average molecular weight is 541 g/mol. The number of hydrogen-bond donors (Lipinski definition) is 2. The summed E-state index contributed by atoms with van der Waals surface area (Å²) in [6, 6.07) is 14.2. The van der Waals surface area contributed by atoms with Gasteiger partial charge in [-0.3, -0.25) is 14.7 Å². The minimum absolute atomic E-state index is 0.0998. The molecule has 0 bridgehead atoms. The van der Waals surface area contributed by atoms with E-state index in [1.165, 1.54) is 6.07 Å². The molecule has 38 heavy (non-hydrogen) atoms. The van der Waals surface area contributed by atoms with E-state index in [0.717, 1.165) is 39.8 Å². The maximum atomic E-state index is 13.0. The summed E-state index contributed by atoms with van der Waals surface area (Å²) in [5.74, 6) is 0.430. The number of carbonyl (C=O) groups is 1. The molecule has 0 saturated carbocycles. The molecule has 10 heteroatoms. The Hall–Kier alpha value is -3.02. The van der Waals surface area contributed by atoms with Gasteiger partial charge in [0.05, 0.1) is 5.60 Å². The lowest BCUT2D eigenvalue weighted by atomic mass is 9.94. The van der Waals surface area contributed by atoms with Crippen LogP contribution in [0.2, 0.25) is 0 Å². The highest BCUT2D eigenvalue weighted by molar-refractivity contribution is 7.86. The average Bonchev–Trinajstić information content (AvgIpc) is 2.87. The standard InChI is InChI=1S/C28H32N2O7S/c1-28(2,3)37-36-17-29-20-5-4-14-30(15-20)25(31)16-35-23-12-8-18-6-7-19-9-13-24(38(32,33)34)22-11-10-21(23)26(18)27(19)22/h6-13,20,29H,4-5,14-17H2,1-3H3,(H,32,33,34). The van der Waals surface area contributed by atoms with Crippen LogP contribution in [0.4, 0.5) is 0 Å². The third-order valence-electron chi connectivity index (χ3n) is 6.73. The Morgan fingerprint density at radius 3 is 2.39 bits per heavy atom. The Kier molecular flexibility index (Phi) is 7.19. The van der Waals surface area contributed by atoms with E-state index in [-0.39, 0.29) is 30.2 Å². The lowest BCUT2D eigenvalue weighted by molar-refractivity contribution is -0.352. The molecule has 4 aromatic carbocycles. The van der Waals surface area contributed by atoms with Crippen molar-refractivity contribution in [1.82, 2.24) is 10.2 Å². The van der Waals surface area contributed by atoms with Gasteiger partial charge in [-0.05, 0) is 68.0 Å². The molecular formula is C28H32N2O7S. The number of hydrogen-bond acceptors (Lipinski definition) is 7. The summed E-state index contributed by atoms with van der Waals surface area (Å²) in [5, 5.41) is 7.81. The van der Waals surface area contributed by atoms with Gasteiger partial charge in [0.2, 0.25) is 0 Å². The van der Waals surface area contributed by atoms with Crippen LogP contribution in [-0.2, 0) is 24.7 Å². The van der Waals surface area contributed by atoms with Crippen LogP contribution in [0.15, 0.2) is 53.4 Å². The number of nitrogens with zero attached hydrogens (tertiary/aromatic N) is 1. The number of ether oxygens (including phenoxy) is 1. The van der Waals surface area contributed by atoms with Crippen molar-refractivity contribution in [2.75, 3.05) is 26.4 Å². The van der Waals surface area contributed by atoms with E-state index >= 15 is 0 Å². The van der Waals surface area contributed by atoms with E-state index in [2.05, 4.69) is 5.32 Å². The van der Waals surface area contributed by atoms with E-state index in [0.29, 0.717) is 24.2 Å². The largest absolute Gasteiger partial charge is 0.483 e. The SMILES string of the molecule is CC(C)(C)OOCNC1CCCN(C(=O)COc2ccc3ccc4ccc(S(=O)(=O)O)c5ccc2c3c45)C1. The Morgan fingerprint density at radius 1 is 1.03 bits per heavy atom. The fourth-order valence-corrected chi connectivity index (χ4v) is 5.75. The minimum atomic E-state index is -4.39. The second kappa shape index (κ2) is 10.3. The number of amides is 1. The van der Waals surface area contributed by atoms with Crippen LogP contribution in [0.1, 0.15) is 33.6 Å². The van der Waals surface area contributed by atoms with Crippen molar-refractivity contribution in [2.24, 2.45) is 0 Å². The molecule has 9 nitrogen and oxygen atoms in total. The zero-order chi connectivity index (χ0) is 27.1. The van der Waals surface area contributed by atoms with Gasteiger partial charge in [0.1, 0.15) is 17.4 Å². The molecule has 0 aromatic heterocycles. The summed E-state index contributed by atoms with van der Waals surface area (Å²) in [6.45, 7) is 7.07. The molecule has 1 aliphatic heterocycles. The molecule has 0 spiro atoms. The maximum absolute atomic E-state index is 13.0. The fourth-order valence-electron chi connectivity index (χ4n) is 5.06. The fraction of sp³-hybridized carbons (Fsp3) is 0.393. The number of benzene rings is 4. The minimum Gasteiger partial charge on any atom is -0.483 e. The normalized spacial score (nSPS) is 17.1. The van der Waals surface area contributed by atoms with Crippen LogP contribution in [-0.4, -0.2) is 61.8 Å². The molecular weight excluding hydrogens is 508 g/mol. The Balaban J connectivity index is 1.31. The molecule has 1 saturated heterocycles. The summed E-state index contributed by atoms with van der Waals surface area (Å²) in [5.41, 5.74) is -0.391. The highest BCUT2D eigenvalue weighted by atomic mass is 32.2. The molecule has 1 aliphatic rings. The van der Waals surface area contributed by atoms with Crippen LogP contribution < -0.4 is 10.1 Å². The lowest BCUT2D eigenvalue weighted by Crippen LogP contribution is -2.49. The number of nitrogens with one attached hydrogen (secondary N) is 1. The van der Waals surface area contributed by atoms with Gasteiger partial charge in [0.25, 0.3) is 16.0 Å². The zero-order valence-corrected chi connectivity index (χ0v) is 22.5.